The highest BCUT2D eigenvalue weighted by Crippen LogP contribution is 2.43. The van der Waals surface area contributed by atoms with Crippen LogP contribution in [-0.2, 0) is 13.6 Å². The first-order chi connectivity index (χ1) is 18.6. The Morgan fingerprint density at radius 3 is 2.35 bits per heavy atom. The van der Waals surface area contributed by atoms with Crippen LogP contribution in [0.5, 0.6) is 0 Å². The first-order valence-electron chi connectivity index (χ1n) is 14.0. The van der Waals surface area contributed by atoms with Crippen molar-refractivity contribution in [2.75, 3.05) is 6.61 Å². The predicted molar refractivity (Wildman–Crippen MR) is 161 cm³/mol. The molecular weight excluding hydrogens is 539 g/mol. The van der Waals surface area contributed by atoms with E-state index in [0.717, 1.165) is 11.0 Å². The van der Waals surface area contributed by atoms with Gasteiger partial charge in [-0.3, -0.25) is 4.57 Å². The van der Waals surface area contributed by atoms with Gasteiger partial charge in [0.05, 0.1) is 24.6 Å². The summed E-state index contributed by atoms with van der Waals surface area (Å²) in [5.41, 5.74) is 2.99. The maximum Gasteiger partial charge on any atom is 0.192 e. The number of para-hydroxylation sites is 1. The van der Waals surface area contributed by atoms with Crippen LogP contribution in [0.3, 0.4) is 0 Å². The number of rotatable bonds is 7. The second-order valence-electron chi connectivity index (χ2n) is 13.9. The van der Waals surface area contributed by atoms with Gasteiger partial charge in [0.2, 0.25) is 0 Å². The van der Waals surface area contributed by atoms with Crippen molar-refractivity contribution >= 4 is 38.8 Å². The number of imidazole rings is 1. The van der Waals surface area contributed by atoms with E-state index in [9.17, 15) is 0 Å². The lowest BCUT2D eigenvalue weighted by Crippen LogP contribution is -2.48. The van der Waals surface area contributed by atoms with Gasteiger partial charge in [-0.15, -0.1) is 5.10 Å². The van der Waals surface area contributed by atoms with Crippen molar-refractivity contribution < 1.29 is 13.6 Å². The second kappa shape index (κ2) is 10.1. The van der Waals surface area contributed by atoms with Crippen molar-refractivity contribution in [3.63, 3.8) is 0 Å². The normalized spacial score (nSPS) is 21.1. The van der Waals surface area contributed by atoms with Gasteiger partial charge in [-0.2, -0.15) is 4.68 Å². The molecule has 0 bridgehead atoms. The van der Waals surface area contributed by atoms with Crippen LogP contribution in [0, 0.1) is 0 Å². The van der Waals surface area contributed by atoms with Crippen LogP contribution in [0.1, 0.15) is 54.2 Å². The molecule has 0 N–H and O–H groups in total. The monoisotopic (exact) mass is 581 g/mol. The Morgan fingerprint density at radius 1 is 0.950 bits per heavy atom. The Balaban J connectivity index is 1.47. The van der Waals surface area contributed by atoms with Gasteiger partial charge in [0, 0.05) is 6.42 Å². The quantitative estimate of drug-likeness (QED) is 0.236. The minimum Gasteiger partial charge on any atom is -0.414 e. The summed E-state index contributed by atoms with van der Waals surface area (Å²) < 4.78 is 24.0. The van der Waals surface area contributed by atoms with Crippen LogP contribution in [0.25, 0.3) is 28.0 Å². The summed E-state index contributed by atoms with van der Waals surface area (Å²) in [6.45, 7) is 23.2. The lowest BCUT2D eigenvalue weighted by molar-refractivity contribution is -0.0383. The number of ether oxygens (including phenoxy) is 1. The average molecular weight is 582 g/mol. The molecule has 3 atom stereocenters. The Morgan fingerprint density at radius 2 is 1.65 bits per heavy atom. The second-order valence-corrected chi connectivity index (χ2v) is 23.4. The summed E-state index contributed by atoms with van der Waals surface area (Å²) in [7, 11) is -4.03. The van der Waals surface area contributed by atoms with Crippen molar-refractivity contribution in [3.8, 4) is 5.82 Å². The summed E-state index contributed by atoms with van der Waals surface area (Å²) >= 11 is 0. The molecule has 1 fully saturated rings. The van der Waals surface area contributed by atoms with Gasteiger partial charge in [0.25, 0.3) is 0 Å². The topological polar surface area (TPSA) is 102 Å². The molecule has 0 spiro atoms. The lowest BCUT2D eigenvalue weighted by Gasteiger charge is -2.40. The van der Waals surface area contributed by atoms with Crippen molar-refractivity contribution in [1.82, 2.24) is 34.5 Å². The molecule has 5 rings (SSSR count). The van der Waals surface area contributed by atoms with Crippen LogP contribution in [0.4, 0.5) is 0 Å². The first kappa shape index (κ1) is 29.0. The number of fused-ring (bicyclic) bond motifs is 2. The van der Waals surface area contributed by atoms with Crippen molar-refractivity contribution in [2.45, 2.75) is 103 Å². The van der Waals surface area contributed by atoms with Crippen LogP contribution in [-0.4, -0.2) is 70.0 Å². The molecule has 0 radical (unpaired) electrons. The minimum absolute atomic E-state index is 0.0837. The number of benzene rings is 1. The Hall–Kier alpha value is -2.52. The van der Waals surface area contributed by atoms with Crippen molar-refractivity contribution in [2.24, 2.45) is 0 Å². The van der Waals surface area contributed by atoms with Gasteiger partial charge in [0.15, 0.2) is 33.6 Å². The maximum absolute atomic E-state index is 6.96. The molecule has 10 nitrogen and oxygen atoms in total. The number of hydrogen-bond acceptors (Lipinski definition) is 8. The molecule has 216 valence electrons. The summed E-state index contributed by atoms with van der Waals surface area (Å²) in [4.78, 5) is 13.9. The minimum atomic E-state index is -2.06. The third kappa shape index (κ3) is 5.27. The summed E-state index contributed by atoms with van der Waals surface area (Å²) in [6.07, 6.45) is 3.45. The zero-order valence-corrected chi connectivity index (χ0v) is 27.5. The maximum atomic E-state index is 6.96. The third-order valence-corrected chi connectivity index (χ3v) is 18.1. The van der Waals surface area contributed by atoms with E-state index in [1.165, 1.54) is 0 Å². The van der Waals surface area contributed by atoms with Crippen LogP contribution >= 0.6 is 0 Å². The molecule has 1 aliphatic heterocycles. The van der Waals surface area contributed by atoms with Gasteiger partial charge in [-0.25, -0.2) is 15.0 Å². The van der Waals surface area contributed by atoms with E-state index in [2.05, 4.69) is 88.0 Å². The van der Waals surface area contributed by atoms with Crippen molar-refractivity contribution in [3.05, 3.63) is 36.9 Å². The van der Waals surface area contributed by atoms with E-state index >= 15 is 0 Å². The largest absolute Gasteiger partial charge is 0.414 e. The molecule has 3 aromatic heterocycles. The standard InChI is InChI=1S/C28H43N7O3Si2/c1-27(2,3)39(7,8)36-16-22-21(38-40(9,10)28(4,5)6)15-23(37-22)34-18-31-24-25(34)29-17-30-26(24)35-20-14-12-11-13-19(20)32-33-35/h11-14,17-18,21-23H,15-16H2,1-10H3/t21-,22+,23+/m0/s1. The summed E-state index contributed by atoms with van der Waals surface area (Å²) in [5, 5.41) is 8.83. The lowest BCUT2D eigenvalue weighted by atomic mass is 10.2. The fourth-order valence-electron chi connectivity index (χ4n) is 4.44. The van der Waals surface area contributed by atoms with E-state index in [4.69, 9.17) is 18.6 Å². The highest BCUT2D eigenvalue weighted by atomic mass is 28.4. The Bertz CT molecular complexity index is 1500. The molecule has 4 aromatic rings. The molecule has 0 unspecified atom stereocenters. The SMILES string of the molecule is CC(C)(C)[Si](C)(C)OC[C@H]1O[C@@H](n2cnc3c(-n4nnc5ccccc54)ncnc32)C[C@@H]1O[Si](C)(C)C(C)(C)C. The molecule has 0 aliphatic carbocycles. The zero-order chi connectivity index (χ0) is 29.1. The van der Waals surface area contributed by atoms with Crippen LogP contribution in [0.15, 0.2) is 36.9 Å². The van der Waals surface area contributed by atoms with Crippen molar-refractivity contribution in [1.29, 1.82) is 0 Å². The number of hydrogen-bond donors (Lipinski definition) is 0. The van der Waals surface area contributed by atoms with Gasteiger partial charge < -0.3 is 13.6 Å². The molecule has 1 aromatic carbocycles. The fourth-order valence-corrected chi connectivity index (χ4v) is 6.81. The molecule has 40 heavy (non-hydrogen) atoms. The molecule has 12 heteroatoms. The Labute approximate surface area is 238 Å². The van der Waals surface area contributed by atoms with E-state index < -0.39 is 16.6 Å². The van der Waals surface area contributed by atoms with E-state index in [0.29, 0.717) is 30.0 Å². The van der Waals surface area contributed by atoms with Gasteiger partial charge >= 0.3 is 0 Å². The highest BCUT2D eigenvalue weighted by molar-refractivity contribution is 6.74. The molecule has 4 heterocycles. The van der Waals surface area contributed by atoms with Crippen LogP contribution in [0.2, 0.25) is 36.3 Å². The number of aromatic nitrogens is 7. The summed E-state index contributed by atoms with van der Waals surface area (Å²) in [6, 6.07) is 7.80. The molecule has 1 saturated heterocycles. The molecular formula is C28H43N7O3Si2. The Kier molecular flexibility index (Phi) is 7.31. The smallest absolute Gasteiger partial charge is 0.192 e. The summed E-state index contributed by atoms with van der Waals surface area (Å²) in [5.74, 6) is 0.585. The van der Waals surface area contributed by atoms with Gasteiger partial charge in [-0.05, 0) is 48.4 Å². The molecule has 0 saturated carbocycles. The highest BCUT2D eigenvalue weighted by Gasteiger charge is 2.47. The van der Waals surface area contributed by atoms with E-state index in [-0.39, 0.29) is 28.5 Å². The van der Waals surface area contributed by atoms with Crippen LogP contribution < -0.4 is 0 Å². The number of nitrogens with zero attached hydrogens (tertiary/aromatic N) is 7. The van der Waals surface area contributed by atoms with E-state index in [1.54, 1.807) is 17.3 Å². The average Bonchev–Trinajstić information content (AvgIpc) is 3.57. The van der Waals surface area contributed by atoms with E-state index in [1.807, 2.05) is 28.8 Å². The van der Waals surface area contributed by atoms with Gasteiger partial charge in [-0.1, -0.05) is 58.9 Å². The molecule has 1 aliphatic rings. The first-order valence-corrected chi connectivity index (χ1v) is 19.9. The van der Waals surface area contributed by atoms with Gasteiger partial charge in [0.1, 0.15) is 24.2 Å². The zero-order valence-electron chi connectivity index (χ0n) is 25.5. The third-order valence-electron chi connectivity index (χ3n) is 9.05. The molecule has 0 amide bonds. The fraction of sp³-hybridized carbons (Fsp3) is 0.607. The predicted octanol–water partition coefficient (Wildman–Crippen LogP) is 6.26.